The van der Waals surface area contributed by atoms with Crippen molar-refractivity contribution in [3.8, 4) is 0 Å². The number of aromatic nitrogens is 2. The lowest BCUT2D eigenvalue weighted by Gasteiger charge is -2.34. The molecule has 1 aliphatic rings. The zero-order chi connectivity index (χ0) is 17.3. The van der Waals surface area contributed by atoms with Gasteiger partial charge in [-0.3, -0.25) is 4.79 Å². The van der Waals surface area contributed by atoms with E-state index < -0.39 is 23.5 Å². The van der Waals surface area contributed by atoms with Crippen LogP contribution in [0.2, 0.25) is 0 Å². The number of rotatable bonds is 3. The Morgan fingerprint density at radius 1 is 1.29 bits per heavy atom. The number of hydrogen-bond acceptors (Lipinski definition) is 6. The highest BCUT2D eigenvalue weighted by atomic mass is 32.1. The molecule has 0 bridgehead atoms. The maximum absolute atomic E-state index is 12.8. The molecule has 1 fully saturated rings. The molecule has 1 aliphatic heterocycles. The number of halogens is 3. The summed E-state index contributed by atoms with van der Waals surface area (Å²) < 4.78 is 42.8. The van der Waals surface area contributed by atoms with Gasteiger partial charge in [0.15, 0.2) is 17.2 Å². The Morgan fingerprint density at radius 2 is 2.00 bits per heavy atom. The number of oxazole rings is 1. The average molecular weight is 360 g/mol. The third-order valence-electron chi connectivity index (χ3n) is 3.75. The van der Waals surface area contributed by atoms with Crippen molar-refractivity contribution in [2.75, 3.05) is 31.1 Å². The molecule has 1 amide bonds. The molecule has 0 atom stereocenters. The lowest BCUT2D eigenvalue weighted by atomic mass is 10.2. The number of carbonyl (C=O) groups is 1. The predicted molar refractivity (Wildman–Crippen MR) is 81.1 cm³/mol. The Hall–Kier alpha value is -2.10. The van der Waals surface area contributed by atoms with Gasteiger partial charge >= 0.3 is 6.18 Å². The molecule has 0 saturated carbocycles. The van der Waals surface area contributed by atoms with Crippen molar-refractivity contribution in [2.45, 2.75) is 19.5 Å². The fraction of sp³-hybridized carbons (Fsp3) is 0.500. The Morgan fingerprint density at radius 3 is 2.58 bits per heavy atom. The largest absolute Gasteiger partial charge is 0.452 e. The molecule has 3 rings (SSSR count). The number of thiazole rings is 1. The molecule has 0 spiro atoms. The van der Waals surface area contributed by atoms with Gasteiger partial charge in [-0.05, 0) is 6.42 Å². The summed E-state index contributed by atoms with van der Waals surface area (Å²) in [5.74, 6) is -2.11. The Balaban J connectivity index is 1.66. The Labute approximate surface area is 139 Å². The van der Waals surface area contributed by atoms with Gasteiger partial charge in [0, 0.05) is 37.3 Å². The number of hydrogen-bond donors (Lipinski definition) is 0. The average Bonchev–Trinajstić information content (AvgIpc) is 3.23. The van der Waals surface area contributed by atoms with Crippen molar-refractivity contribution in [1.82, 2.24) is 14.9 Å². The van der Waals surface area contributed by atoms with Crippen LogP contribution in [0.5, 0.6) is 0 Å². The normalized spacial score (nSPS) is 15.8. The molecule has 3 heterocycles. The van der Waals surface area contributed by atoms with E-state index in [1.165, 1.54) is 9.78 Å². The van der Waals surface area contributed by atoms with Gasteiger partial charge in [-0.25, -0.2) is 9.97 Å². The van der Waals surface area contributed by atoms with Crippen LogP contribution < -0.4 is 4.90 Å². The SMILES string of the molecule is CCc1cnc(N2CCN(C(=O)c3ncoc3C(F)(F)F)CC2)s1. The summed E-state index contributed by atoms with van der Waals surface area (Å²) >= 11 is 1.59. The summed E-state index contributed by atoms with van der Waals surface area (Å²) in [6.07, 6.45) is -1.36. The molecule has 0 aliphatic carbocycles. The predicted octanol–water partition coefficient (Wildman–Crippen LogP) is 2.67. The molecular formula is C14H15F3N4O2S. The molecular weight excluding hydrogens is 345 g/mol. The highest BCUT2D eigenvalue weighted by Gasteiger charge is 2.41. The minimum Gasteiger partial charge on any atom is -0.438 e. The van der Waals surface area contributed by atoms with E-state index in [9.17, 15) is 18.0 Å². The first kappa shape index (κ1) is 16.7. The molecule has 2 aromatic rings. The van der Waals surface area contributed by atoms with Gasteiger partial charge in [0.1, 0.15) is 0 Å². The second-order valence-electron chi connectivity index (χ2n) is 5.27. The maximum atomic E-state index is 12.8. The van der Waals surface area contributed by atoms with Crippen LogP contribution in [0.1, 0.15) is 28.0 Å². The van der Waals surface area contributed by atoms with Gasteiger partial charge in [0.05, 0.1) is 0 Å². The number of amides is 1. The third-order valence-corrected chi connectivity index (χ3v) is 4.96. The maximum Gasteiger partial charge on any atom is 0.452 e. The van der Waals surface area contributed by atoms with E-state index in [0.717, 1.165) is 11.6 Å². The van der Waals surface area contributed by atoms with Crippen molar-refractivity contribution in [3.05, 3.63) is 28.9 Å². The molecule has 0 unspecified atom stereocenters. The van der Waals surface area contributed by atoms with E-state index >= 15 is 0 Å². The quantitative estimate of drug-likeness (QED) is 0.842. The lowest BCUT2D eigenvalue weighted by molar-refractivity contribution is -0.153. The van der Waals surface area contributed by atoms with Crippen molar-refractivity contribution in [2.24, 2.45) is 0 Å². The van der Waals surface area contributed by atoms with Crippen molar-refractivity contribution in [1.29, 1.82) is 0 Å². The monoisotopic (exact) mass is 360 g/mol. The highest BCUT2D eigenvalue weighted by Crippen LogP contribution is 2.32. The summed E-state index contributed by atoms with van der Waals surface area (Å²) in [6, 6.07) is 0. The number of piperazine rings is 1. The molecule has 130 valence electrons. The van der Waals surface area contributed by atoms with Crippen molar-refractivity contribution < 1.29 is 22.4 Å². The van der Waals surface area contributed by atoms with E-state index in [0.29, 0.717) is 32.6 Å². The minimum atomic E-state index is -4.74. The first-order valence-corrected chi connectivity index (χ1v) is 8.21. The van der Waals surface area contributed by atoms with Gasteiger partial charge in [-0.15, -0.1) is 11.3 Å². The zero-order valence-electron chi connectivity index (χ0n) is 12.8. The van der Waals surface area contributed by atoms with Crippen LogP contribution in [0, 0.1) is 0 Å². The van der Waals surface area contributed by atoms with Crippen LogP contribution >= 0.6 is 11.3 Å². The fourth-order valence-electron chi connectivity index (χ4n) is 2.46. The van der Waals surface area contributed by atoms with E-state index in [4.69, 9.17) is 0 Å². The summed E-state index contributed by atoms with van der Waals surface area (Å²) in [6.45, 7) is 3.70. The number of aryl methyl sites for hydroxylation is 1. The second-order valence-corrected chi connectivity index (χ2v) is 6.36. The van der Waals surface area contributed by atoms with Crippen LogP contribution in [0.25, 0.3) is 0 Å². The van der Waals surface area contributed by atoms with Gasteiger partial charge in [-0.1, -0.05) is 6.92 Å². The Kier molecular flexibility index (Phi) is 4.48. The number of nitrogens with zero attached hydrogens (tertiary/aromatic N) is 4. The Bertz CT molecular complexity index is 720. The fourth-order valence-corrected chi connectivity index (χ4v) is 3.36. The van der Waals surface area contributed by atoms with Crippen LogP contribution in [0.3, 0.4) is 0 Å². The van der Waals surface area contributed by atoms with Gasteiger partial charge in [0.2, 0.25) is 5.76 Å². The van der Waals surface area contributed by atoms with Crippen LogP contribution in [0.15, 0.2) is 17.0 Å². The topological polar surface area (TPSA) is 62.5 Å². The highest BCUT2D eigenvalue weighted by molar-refractivity contribution is 7.15. The van der Waals surface area contributed by atoms with Crippen molar-refractivity contribution in [3.63, 3.8) is 0 Å². The molecule has 1 saturated heterocycles. The molecule has 0 N–H and O–H groups in total. The van der Waals surface area contributed by atoms with E-state index in [-0.39, 0.29) is 0 Å². The summed E-state index contributed by atoms with van der Waals surface area (Å²) in [5.41, 5.74) is -0.682. The van der Waals surface area contributed by atoms with Crippen LogP contribution in [-0.2, 0) is 12.6 Å². The standard InChI is InChI=1S/C14H15F3N4O2S/c1-2-9-7-18-13(24-9)21-5-3-20(4-6-21)12(22)10-11(14(15,16)17)23-8-19-10/h7-8H,2-6H2,1H3. The van der Waals surface area contributed by atoms with Crippen LogP contribution in [0.4, 0.5) is 18.3 Å². The lowest BCUT2D eigenvalue weighted by Crippen LogP contribution is -2.49. The summed E-state index contributed by atoms with van der Waals surface area (Å²) in [7, 11) is 0. The van der Waals surface area contributed by atoms with Gasteiger partial charge in [0.25, 0.3) is 5.91 Å². The zero-order valence-corrected chi connectivity index (χ0v) is 13.7. The molecule has 10 heteroatoms. The number of carbonyl (C=O) groups excluding carboxylic acids is 1. The van der Waals surface area contributed by atoms with E-state index in [2.05, 4.69) is 14.4 Å². The molecule has 2 aromatic heterocycles. The molecule has 24 heavy (non-hydrogen) atoms. The smallest absolute Gasteiger partial charge is 0.438 e. The first-order chi connectivity index (χ1) is 11.4. The van der Waals surface area contributed by atoms with E-state index in [1.54, 1.807) is 11.3 Å². The first-order valence-electron chi connectivity index (χ1n) is 7.39. The van der Waals surface area contributed by atoms with Crippen molar-refractivity contribution >= 4 is 22.4 Å². The van der Waals surface area contributed by atoms with Gasteiger partial charge < -0.3 is 14.2 Å². The molecule has 0 radical (unpaired) electrons. The molecule has 6 nitrogen and oxygen atoms in total. The van der Waals surface area contributed by atoms with E-state index in [1.807, 2.05) is 18.0 Å². The number of anilines is 1. The second kappa shape index (κ2) is 6.42. The summed E-state index contributed by atoms with van der Waals surface area (Å²) in [5, 5.41) is 0.872. The molecule has 0 aromatic carbocycles. The third kappa shape index (κ3) is 3.23. The number of alkyl halides is 3. The van der Waals surface area contributed by atoms with Gasteiger partial charge in [-0.2, -0.15) is 13.2 Å². The minimum absolute atomic E-state index is 0.310. The summed E-state index contributed by atoms with van der Waals surface area (Å²) in [4.78, 5) is 24.6. The van der Waals surface area contributed by atoms with Crippen LogP contribution in [-0.4, -0.2) is 47.0 Å².